The maximum absolute atomic E-state index is 12.5. The molecular formula is C17H16Cl3N3O4S. The molecule has 3 rings (SSSR count). The average Bonchev–Trinajstić information content (AvgIpc) is 2.63. The Kier molecular flexibility index (Phi) is 6.34. The van der Waals surface area contributed by atoms with Gasteiger partial charge in [-0.05, 0) is 25.1 Å². The molecule has 2 unspecified atom stereocenters. The van der Waals surface area contributed by atoms with Crippen molar-refractivity contribution in [2.45, 2.75) is 27.4 Å². The van der Waals surface area contributed by atoms with E-state index >= 15 is 0 Å². The number of ether oxygens (including phenoxy) is 1. The van der Waals surface area contributed by atoms with Gasteiger partial charge in [0.2, 0.25) is 3.79 Å². The number of urea groups is 1. The lowest BCUT2D eigenvalue weighted by atomic mass is 10.0. The van der Waals surface area contributed by atoms with Crippen LogP contribution in [0.1, 0.15) is 6.92 Å². The van der Waals surface area contributed by atoms with Crippen LogP contribution in [0.15, 0.2) is 42.1 Å². The first-order valence-corrected chi connectivity index (χ1v) is 10.3. The molecule has 1 aromatic carbocycles. The average molecular weight is 465 g/mol. The Labute approximate surface area is 180 Å². The van der Waals surface area contributed by atoms with Crippen LogP contribution in [0.2, 0.25) is 0 Å². The number of hydrogen-bond acceptors (Lipinski definition) is 5. The van der Waals surface area contributed by atoms with Crippen molar-refractivity contribution in [1.82, 2.24) is 10.2 Å². The molecule has 150 valence electrons. The third-order valence-corrected chi connectivity index (χ3v) is 5.60. The van der Waals surface area contributed by atoms with Gasteiger partial charge in [-0.15, -0.1) is 11.8 Å². The predicted octanol–water partition coefficient (Wildman–Crippen LogP) is 3.28. The van der Waals surface area contributed by atoms with E-state index < -0.39 is 39.7 Å². The quantitative estimate of drug-likeness (QED) is 0.406. The summed E-state index contributed by atoms with van der Waals surface area (Å²) in [6.07, 6.45) is 1.61. The van der Waals surface area contributed by atoms with Gasteiger partial charge in [0.1, 0.15) is 23.7 Å². The van der Waals surface area contributed by atoms with Crippen LogP contribution in [-0.4, -0.2) is 49.9 Å². The van der Waals surface area contributed by atoms with Gasteiger partial charge in [0.25, 0.3) is 5.91 Å². The van der Waals surface area contributed by atoms with Crippen LogP contribution in [0.25, 0.3) is 0 Å². The summed E-state index contributed by atoms with van der Waals surface area (Å²) in [5.41, 5.74) is 0.682. The van der Waals surface area contributed by atoms with Gasteiger partial charge < -0.3 is 15.4 Å². The third kappa shape index (κ3) is 4.86. The number of rotatable bonds is 4. The molecule has 0 bridgehead atoms. The molecule has 11 heteroatoms. The molecule has 2 aliphatic rings. The summed E-state index contributed by atoms with van der Waals surface area (Å²) in [4.78, 5) is 38.4. The van der Waals surface area contributed by atoms with E-state index in [2.05, 4.69) is 10.6 Å². The van der Waals surface area contributed by atoms with Crippen LogP contribution in [0.5, 0.6) is 0 Å². The summed E-state index contributed by atoms with van der Waals surface area (Å²) < 4.78 is 3.24. The number of carbonyl (C=O) groups is 3. The summed E-state index contributed by atoms with van der Waals surface area (Å²) in [7, 11) is 0. The second kappa shape index (κ2) is 8.41. The lowest BCUT2D eigenvalue weighted by Gasteiger charge is -2.49. The van der Waals surface area contributed by atoms with Gasteiger partial charge in [-0.2, -0.15) is 0 Å². The normalized spacial score (nSPS) is 23.9. The van der Waals surface area contributed by atoms with Gasteiger partial charge in [-0.3, -0.25) is 9.69 Å². The minimum atomic E-state index is -1.75. The minimum absolute atomic E-state index is 0.0776. The van der Waals surface area contributed by atoms with Crippen molar-refractivity contribution < 1.29 is 19.1 Å². The van der Waals surface area contributed by atoms with Crippen molar-refractivity contribution in [3.63, 3.8) is 0 Å². The molecule has 0 radical (unpaired) electrons. The maximum atomic E-state index is 12.5. The monoisotopic (exact) mass is 463 g/mol. The molecule has 2 aliphatic heterocycles. The lowest BCUT2D eigenvalue weighted by molar-refractivity contribution is -0.151. The molecular weight excluding hydrogens is 449 g/mol. The Bertz CT molecular complexity index is 816. The number of halogens is 3. The summed E-state index contributed by atoms with van der Waals surface area (Å²) in [5.74, 6) is -1.17. The standard InChI is InChI=1S/C17H16Cl3N3O4S/c1-9-7-11(15(25)27-8-17(18,19)20)23-13(24)12(14(23)28-9)22-16(26)21-10-5-3-2-4-6-10/h2-7,9,12,14H,8H2,1H3,(H2,21,22,26)/t9?,12?,14-/m0/s1. The zero-order valence-electron chi connectivity index (χ0n) is 14.5. The summed E-state index contributed by atoms with van der Waals surface area (Å²) in [5, 5.41) is 4.80. The molecule has 1 fully saturated rings. The van der Waals surface area contributed by atoms with E-state index in [0.29, 0.717) is 5.69 Å². The molecule has 1 saturated heterocycles. The summed E-state index contributed by atoms with van der Waals surface area (Å²) in [6.45, 7) is 1.43. The Hall–Kier alpha value is -1.61. The SMILES string of the molecule is CC1C=C(C(=O)OCC(Cl)(Cl)Cl)N2C(=O)C(NC(=O)Nc3ccccc3)[C@@H]2S1. The number of amides is 3. The second-order valence-corrected chi connectivity index (χ2v) is 10.1. The molecule has 7 nitrogen and oxygen atoms in total. The first-order valence-electron chi connectivity index (χ1n) is 8.22. The highest BCUT2D eigenvalue weighted by Gasteiger charge is 2.54. The molecule has 0 spiro atoms. The largest absolute Gasteiger partial charge is 0.456 e. The first-order chi connectivity index (χ1) is 13.2. The zero-order valence-corrected chi connectivity index (χ0v) is 17.6. The van der Waals surface area contributed by atoms with Crippen molar-refractivity contribution in [2.24, 2.45) is 0 Å². The fraction of sp³-hybridized carbons (Fsp3) is 0.353. The fourth-order valence-corrected chi connectivity index (χ4v) is 4.26. The number of para-hydroxylation sites is 1. The fourth-order valence-electron chi connectivity index (χ4n) is 2.77. The highest BCUT2D eigenvalue weighted by Crippen LogP contribution is 2.41. The van der Waals surface area contributed by atoms with Gasteiger partial charge in [-0.1, -0.05) is 53.0 Å². The minimum Gasteiger partial charge on any atom is -0.456 e. The van der Waals surface area contributed by atoms with Crippen LogP contribution < -0.4 is 10.6 Å². The second-order valence-electron chi connectivity index (χ2n) is 6.13. The van der Waals surface area contributed by atoms with Gasteiger partial charge >= 0.3 is 12.0 Å². The number of anilines is 1. The smallest absolute Gasteiger partial charge is 0.354 e. The van der Waals surface area contributed by atoms with Crippen LogP contribution >= 0.6 is 46.6 Å². The topological polar surface area (TPSA) is 87.7 Å². The number of alkyl halides is 3. The maximum Gasteiger partial charge on any atom is 0.354 e. The predicted molar refractivity (Wildman–Crippen MR) is 109 cm³/mol. The number of hydrogen-bond donors (Lipinski definition) is 2. The van der Waals surface area contributed by atoms with Crippen LogP contribution in [0.3, 0.4) is 0 Å². The highest BCUT2D eigenvalue weighted by molar-refractivity contribution is 8.00. The molecule has 2 N–H and O–H groups in total. The summed E-state index contributed by atoms with van der Waals surface area (Å²) in [6, 6.07) is 7.58. The van der Waals surface area contributed by atoms with Crippen molar-refractivity contribution in [3.05, 3.63) is 42.1 Å². The van der Waals surface area contributed by atoms with Crippen molar-refractivity contribution in [1.29, 1.82) is 0 Å². The number of nitrogens with one attached hydrogen (secondary N) is 2. The molecule has 3 amide bonds. The molecule has 1 aromatic rings. The van der Waals surface area contributed by atoms with Crippen molar-refractivity contribution in [3.8, 4) is 0 Å². The molecule has 0 aliphatic carbocycles. The van der Waals surface area contributed by atoms with Gasteiger partial charge in [-0.25, -0.2) is 9.59 Å². The Balaban J connectivity index is 1.64. The number of thioether (sulfide) groups is 1. The van der Waals surface area contributed by atoms with E-state index in [1.54, 1.807) is 30.3 Å². The van der Waals surface area contributed by atoms with E-state index in [9.17, 15) is 14.4 Å². The van der Waals surface area contributed by atoms with Gasteiger partial charge in [0, 0.05) is 10.9 Å². The van der Waals surface area contributed by atoms with E-state index in [4.69, 9.17) is 39.5 Å². The Morgan fingerprint density at radius 2 is 1.93 bits per heavy atom. The first kappa shape index (κ1) is 21.1. The van der Waals surface area contributed by atoms with E-state index in [1.165, 1.54) is 16.7 Å². The third-order valence-electron chi connectivity index (χ3n) is 3.94. The van der Waals surface area contributed by atoms with Crippen LogP contribution in [0, 0.1) is 0 Å². The molecule has 0 aromatic heterocycles. The molecule has 3 atom stereocenters. The van der Waals surface area contributed by atoms with E-state index in [0.717, 1.165) is 0 Å². The zero-order chi connectivity index (χ0) is 20.5. The number of carbonyl (C=O) groups excluding carboxylic acids is 3. The highest BCUT2D eigenvalue weighted by atomic mass is 35.6. The Morgan fingerprint density at radius 1 is 1.25 bits per heavy atom. The van der Waals surface area contributed by atoms with Crippen molar-refractivity contribution >= 4 is 70.2 Å². The van der Waals surface area contributed by atoms with Crippen LogP contribution in [0.4, 0.5) is 10.5 Å². The van der Waals surface area contributed by atoms with E-state index in [-0.39, 0.29) is 10.9 Å². The summed E-state index contributed by atoms with van der Waals surface area (Å²) >= 11 is 18.2. The number of nitrogens with zero attached hydrogens (tertiary/aromatic N) is 1. The molecule has 28 heavy (non-hydrogen) atoms. The number of benzene rings is 1. The number of β-lactam (4-membered cyclic amide) rings is 1. The molecule has 0 saturated carbocycles. The van der Waals surface area contributed by atoms with Crippen molar-refractivity contribution in [2.75, 3.05) is 11.9 Å². The Morgan fingerprint density at radius 3 is 2.57 bits per heavy atom. The number of esters is 1. The van der Waals surface area contributed by atoms with Crippen LogP contribution in [-0.2, 0) is 14.3 Å². The molecule has 2 heterocycles. The van der Waals surface area contributed by atoms with Gasteiger partial charge in [0.15, 0.2) is 0 Å². The lowest BCUT2D eigenvalue weighted by Crippen LogP contribution is -2.71. The van der Waals surface area contributed by atoms with E-state index in [1.807, 2.05) is 13.0 Å². The number of fused-ring (bicyclic) bond motifs is 1. The van der Waals surface area contributed by atoms with Gasteiger partial charge in [0.05, 0.1) is 0 Å².